The van der Waals surface area contributed by atoms with Crippen molar-refractivity contribution in [3.8, 4) is 0 Å². The highest BCUT2D eigenvalue weighted by Gasteiger charge is 2.36. The predicted octanol–water partition coefficient (Wildman–Crippen LogP) is 4.34. The number of carbonyl (C=O) groups is 3. The molecule has 38 heavy (non-hydrogen) atoms. The highest BCUT2D eigenvalue weighted by Crippen LogP contribution is 2.33. The van der Waals surface area contributed by atoms with Crippen LogP contribution < -0.4 is 21.9 Å². The Morgan fingerprint density at radius 2 is 1.79 bits per heavy atom. The average Bonchev–Trinajstić information content (AvgIpc) is 3.26. The maximum Gasteiger partial charge on any atom is 0.417 e. The van der Waals surface area contributed by atoms with Gasteiger partial charge in [-0.2, -0.15) is 13.2 Å². The third kappa shape index (κ3) is 5.31. The maximum atomic E-state index is 13.5. The number of benzene rings is 3. The monoisotopic (exact) mass is 544 g/mol. The van der Waals surface area contributed by atoms with Crippen molar-refractivity contribution >= 4 is 51.7 Å². The van der Waals surface area contributed by atoms with Crippen LogP contribution in [0.2, 0.25) is 5.02 Å². The molecule has 1 aromatic heterocycles. The van der Waals surface area contributed by atoms with Crippen LogP contribution in [-0.4, -0.2) is 27.7 Å². The number of hydrazine groups is 1. The molecule has 13 heteroatoms. The van der Waals surface area contributed by atoms with Crippen molar-refractivity contribution in [2.75, 3.05) is 10.3 Å². The lowest BCUT2D eigenvalue weighted by Gasteiger charge is -2.20. The number of nitrogens with zero attached hydrogens (tertiary/aromatic N) is 2. The van der Waals surface area contributed by atoms with E-state index in [1.165, 1.54) is 18.2 Å². The molecule has 0 saturated carbocycles. The molecule has 0 unspecified atom stereocenters. The molecule has 3 amide bonds. The Morgan fingerprint density at radius 3 is 2.47 bits per heavy atom. The zero-order chi connectivity index (χ0) is 27.8. The number of hydrogen-bond donors (Lipinski definition) is 4. The number of nitrogens with two attached hydrogens (primary N) is 2. The minimum absolute atomic E-state index is 0.0730. The molecule has 0 fully saturated rings. The molecular weight excluding hydrogens is 525 g/mol. The topological polar surface area (TPSA) is 147 Å². The highest BCUT2D eigenvalue weighted by molar-refractivity contribution is 6.31. The second-order valence-corrected chi connectivity index (χ2v) is 8.71. The van der Waals surface area contributed by atoms with Gasteiger partial charge >= 0.3 is 6.18 Å². The number of amides is 3. The number of fused-ring (bicyclic) bond motifs is 1. The number of H-pyrrole nitrogens is 1. The Bertz CT molecular complexity index is 1580. The summed E-state index contributed by atoms with van der Waals surface area (Å²) in [4.78, 5) is 44.9. The number of aromatic amines is 1. The molecule has 196 valence electrons. The third-order valence-corrected chi connectivity index (χ3v) is 6.09. The molecule has 4 rings (SSSR count). The Kier molecular flexibility index (Phi) is 7.11. The van der Waals surface area contributed by atoms with Gasteiger partial charge in [-0.15, -0.1) is 0 Å². The number of nitrogens with one attached hydrogen (secondary N) is 2. The summed E-state index contributed by atoms with van der Waals surface area (Å²) in [5.41, 5.74) is 4.53. The van der Waals surface area contributed by atoms with Gasteiger partial charge in [0.05, 0.1) is 34.3 Å². The van der Waals surface area contributed by atoms with E-state index in [0.29, 0.717) is 21.3 Å². The lowest BCUT2D eigenvalue weighted by Crippen LogP contribution is -2.38. The second kappa shape index (κ2) is 10.1. The van der Waals surface area contributed by atoms with Crippen LogP contribution in [0.15, 0.2) is 54.6 Å². The van der Waals surface area contributed by atoms with Gasteiger partial charge in [0.1, 0.15) is 11.3 Å². The highest BCUT2D eigenvalue weighted by atomic mass is 35.5. The summed E-state index contributed by atoms with van der Waals surface area (Å²) in [5.74, 6) is 3.60. The number of carbonyl (C=O) groups excluding carboxylic acids is 3. The van der Waals surface area contributed by atoms with E-state index in [-0.39, 0.29) is 34.5 Å². The van der Waals surface area contributed by atoms with Crippen molar-refractivity contribution in [1.29, 1.82) is 0 Å². The molecule has 0 aliphatic heterocycles. The largest absolute Gasteiger partial charge is 0.417 e. The van der Waals surface area contributed by atoms with E-state index in [9.17, 15) is 27.6 Å². The molecule has 3 aromatic carbocycles. The summed E-state index contributed by atoms with van der Waals surface area (Å²) in [6, 6.07) is 11.6. The fourth-order valence-electron chi connectivity index (χ4n) is 3.81. The summed E-state index contributed by atoms with van der Waals surface area (Å²) in [6.45, 7) is 1.70. The number of rotatable bonds is 6. The van der Waals surface area contributed by atoms with Crippen molar-refractivity contribution in [2.24, 2.45) is 11.6 Å². The van der Waals surface area contributed by atoms with Crippen molar-refractivity contribution in [3.05, 3.63) is 87.7 Å². The zero-order valence-corrected chi connectivity index (χ0v) is 20.4. The van der Waals surface area contributed by atoms with Crippen LogP contribution in [0, 0.1) is 6.92 Å². The fourth-order valence-corrected chi connectivity index (χ4v) is 3.99. The normalized spacial score (nSPS) is 11.4. The Balaban J connectivity index is 1.81. The Morgan fingerprint density at radius 1 is 1.08 bits per heavy atom. The predicted molar refractivity (Wildman–Crippen MR) is 136 cm³/mol. The quantitative estimate of drug-likeness (QED) is 0.162. The third-order valence-electron chi connectivity index (χ3n) is 5.68. The van der Waals surface area contributed by atoms with Crippen LogP contribution in [0.5, 0.6) is 0 Å². The minimum atomic E-state index is -4.80. The van der Waals surface area contributed by atoms with Crippen LogP contribution in [0.3, 0.4) is 0 Å². The van der Waals surface area contributed by atoms with Crippen molar-refractivity contribution in [3.63, 3.8) is 0 Å². The molecule has 9 nitrogen and oxygen atoms in total. The molecule has 0 bridgehead atoms. The van der Waals surface area contributed by atoms with Gasteiger partial charge in [-0.1, -0.05) is 29.8 Å². The van der Waals surface area contributed by atoms with Crippen molar-refractivity contribution in [1.82, 2.24) is 9.97 Å². The zero-order valence-electron chi connectivity index (χ0n) is 19.7. The number of hydrogen-bond acceptors (Lipinski definition) is 5. The molecule has 0 aliphatic carbocycles. The molecular formula is C25H20ClF3N6O3. The minimum Gasteiger partial charge on any atom is -0.369 e. The fraction of sp³-hybridized carbons (Fsp3) is 0.120. The van der Waals surface area contributed by atoms with Gasteiger partial charge in [-0.25, -0.2) is 15.8 Å². The average molecular weight is 545 g/mol. The summed E-state index contributed by atoms with van der Waals surface area (Å²) in [6.07, 6.45) is -5.08. The van der Waals surface area contributed by atoms with E-state index in [0.717, 1.165) is 18.2 Å². The van der Waals surface area contributed by atoms with Crippen LogP contribution in [0.1, 0.15) is 37.7 Å². The SMILES string of the molecule is Cc1c(Cl)cccc1NC(=O)c1cc(N(N)C(=O)c2ccccc2C(F)(F)F)cc2[nH]c(CC(N)=O)nc12. The smallest absolute Gasteiger partial charge is 0.369 e. The Hall–Kier alpha value is -4.42. The number of aromatic nitrogens is 2. The van der Waals surface area contributed by atoms with Gasteiger partial charge in [0.15, 0.2) is 0 Å². The molecule has 0 atom stereocenters. The first kappa shape index (κ1) is 26.6. The van der Waals surface area contributed by atoms with E-state index >= 15 is 0 Å². The molecule has 0 spiro atoms. The van der Waals surface area contributed by atoms with Crippen molar-refractivity contribution in [2.45, 2.75) is 19.5 Å². The molecule has 1 heterocycles. The van der Waals surface area contributed by atoms with Gasteiger partial charge in [0, 0.05) is 10.7 Å². The summed E-state index contributed by atoms with van der Waals surface area (Å²) < 4.78 is 40.5. The van der Waals surface area contributed by atoms with Gasteiger partial charge in [-0.3, -0.25) is 14.4 Å². The Labute approximate surface area is 218 Å². The summed E-state index contributed by atoms with van der Waals surface area (Å²) in [7, 11) is 0. The first-order chi connectivity index (χ1) is 17.9. The number of alkyl halides is 3. The van der Waals surface area contributed by atoms with Crippen LogP contribution in [0.4, 0.5) is 24.5 Å². The standard InChI is InChI=1S/C25H20ClF3N6O3/c1-12-17(26)7-4-8-18(12)33-23(37)15-9-13(10-19-22(15)34-21(32-19)11-20(30)36)35(31)24(38)14-5-2-3-6-16(14)25(27,28)29/h2-10H,11,31H2,1H3,(H2,30,36)(H,32,34)(H,33,37). The lowest BCUT2D eigenvalue weighted by molar-refractivity contribution is -0.137. The van der Waals surface area contributed by atoms with Gasteiger partial charge in [0.25, 0.3) is 11.8 Å². The molecule has 0 aliphatic rings. The van der Waals surface area contributed by atoms with Gasteiger partial charge in [-0.05, 0) is 48.9 Å². The molecule has 6 N–H and O–H groups in total. The second-order valence-electron chi connectivity index (χ2n) is 8.30. The molecule has 0 saturated heterocycles. The maximum absolute atomic E-state index is 13.5. The van der Waals surface area contributed by atoms with Crippen molar-refractivity contribution < 1.29 is 27.6 Å². The van der Waals surface area contributed by atoms with E-state index in [1.807, 2.05) is 0 Å². The first-order valence-corrected chi connectivity index (χ1v) is 11.4. The van der Waals surface area contributed by atoms with Crippen LogP contribution in [0.25, 0.3) is 11.0 Å². The first-order valence-electron chi connectivity index (χ1n) is 11.0. The summed E-state index contributed by atoms with van der Waals surface area (Å²) in [5, 5.41) is 3.61. The van der Waals surface area contributed by atoms with E-state index < -0.39 is 35.0 Å². The number of anilines is 2. The van der Waals surface area contributed by atoms with E-state index in [2.05, 4.69) is 15.3 Å². The molecule has 4 aromatic rings. The van der Waals surface area contributed by atoms with Crippen LogP contribution >= 0.6 is 11.6 Å². The number of primary amides is 1. The number of halogens is 4. The van der Waals surface area contributed by atoms with E-state index in [1.54, 1.807) is 25.1 Å². The van der Waals surface area contributed by atoms with Crippen LogP contribution in [-0.2, 0) is 17.4 Å². The van der Waals surface area contributed by atoms with Gasteiger partial charge in [0.2, 0.25) is 5.91 Å². The van der Waals surface area contributed by atoms with Gasteiger partial charge < -0.3 is 16.0 Å². The molecule has 0 radical (unpaired) electrons. The lowest BCUT2D eigenvalue weighted by atomic mass is 10.1. The number of imidazole rings is 1. The summed E-state index contributed by atoms with van der Waals surface area (Å²) >= 11 is 6.14. The van der Waals surface area contributed by atoms with E-state index in [4.69, 9.17) is 23.2 Å².